The molecule has 1 aromatic carbocycles. The van der Waals surface area contributed by atoms with Gasteiger partial charge in [0.1, 0.15) is 17.8 Å². The maximum atomic E-state index is 13.2. The van der Waals surface area contributed by atoms with E-state index in [1.54, 1.807) is 14.1 Å². The molecule has 1 heterocycles. The van der Waals surface area contributed by atoms with Crippen molar-refractivity contribution in [1.29, 1.82) is 0 Å². The van der Waals surface area contributed by atoms with Gasteiger partial charge in [0.15, 0.2) is 0 Å². The van der Waals surface area contributed by atoms with Crippen molar-refractivity contribution < 1.29 is 14.4 Å². The highest BCUT2D eigenvalue weighted by Gasteiger charge is 2.29. The van der Waals surface area contributed by atoms with Crippen molar-refractivity contribution in [2.24, 2.45) is 5.92 Å². The van der Waals surface area contributed by atoms with E-state index in [9.17, 15) is 14.4 Å². The van der Waals surface area contributed by atoms with E-state index in [1.165, 1.54) is 23.6 Å². The number of benzene rings is 1. The Morgan fingerprint density at radius 1 is 1.03 bits per heavy atom. The van der Waals surface area contributed by atoms with Crippen LogP contribution < -0.4 is 16.1 Å². The van der Waals surface area contributed by atoms with Gasteiger partial charge in [-0.1, -0.05) is 44.2 Å². The second kappa shape index (κ2) is 11.8. The van der Waals surface area contributed by atoms with Crippen LogP contribution in [0, 0.1) is 5.92 Å². The number of rotatable bonds is 10. The maximum Gasteiger partial charge on any atom is 0.272 e. The molecule has 0 saturated carbocycles. The van der Waals surface area contributed by atoms with Crippen LogP contribution in [0.3, 0.4) is 0 Å². The fourth-order valence-electron chi connectivity index (χ4n) is 3.02. The standard InChI is InChI=1S/C22H30N6O3/c1-15(2)12-18(22(31)28(4)23-3)27-20(29)17(13-16-8-6-5-7-9-16)26-21(30)19-14-24-10-11-25-19/h5-11,14-15,17-18,23H,12-13H2,1-4H3,(H,26,30)(H,27,29). The maximum absolute atomic E-state index is 13.2. The van der Waals surface area contributed by atoms with Gasteiger partial charge in [-0.15, -0.1) is 0 Å². The predicted molar refractivity (Wildman–Crippen MR) is 117 cm³/mol. The predicted octanol–water partition coefficient (Wildman–Crippen LogP) is 0.941. The molecule has 9 heteroatoms. The third-order valence-corrected chi connectivity index (χ3v) is 4.69. The molecule has 31 heavy (non-hydrogen) atoms. The summed E-state index contributed by atoms with van der Waals surface area (Å²) < 4.78 is 0. The number of nitrogens with one attached hydrogen (secondary N) is 3. The second-order valence-electron chi connectivity index (χ2n) is 7.62. The molecular weight excluding hydrogens is 396 g/mol. The van der Waals surface area contributed by atoms with E-state index in [0.717, 1.165) is 5.56 Å². The van der Waals surface area contributed by atoms with Crippen molar-refractivity contribution in [3.63, 3.8) is 0 Å². The summed E-state index contributed by atoms with van der Waals surface area (Å²) in [6.45, 7) is 3.95. The molecule has 2 aromatic rings. The molecule has 2 unspecified atom stereocenters. The summed E-state index contributed by atoms with van der Waals surface area (Å²) in [6, 6.07) is 7.74. The van der Waals surface area contributed by atoms with Crippen LogP contribution in [0.1, 0.15) is 36.3 Å². The number of likely N-dealkylation sites (N-methyl/N-ethyl adjacent to an activating group) is 1. The van der Waals surface area contributed by atoms with E-state index in [1.807, 2.05) is 44.2 Å². The molecule has 0 bridgehead atoms. The highest BCUT2D eigenvalue weighted by Crippen LogP contribution is 2.09. The van der Waals surface area contributed by atoms with Crippen molar-refractivity contribution >= 4 is 17.7 Å². The zero-order chi connectivity index (χ0) is 22.8. The normalized spacial score (nSPS) is 12.7. The Morgan fingerprint density at radius 2 is 1.74 bits per heavy atom. The zero-order valence-electron chi connectivity index (χ0n) is 18.3. The van der Waals surface area contributed by atoms with E-state index >= 15 is 0 Å². The fourth-order valence-corrected chi connectivity index (χ4v) is 3.02. The minimum Gasteiger partial charge on any atom is -0.342 e. The van der Waals surface area contributed by atoms with Crippen molar-refractivity contribution in [3.8, 4) is 0 Å². The molecule has 2 rings (SSSR count). The van der Waals surface area contributed by atoms with Crippen molar-refractivity contribution in [2.45, 2.75) is 38.8 Å². The Kier molecular flexibility index (Phi) is 9.08. The molecule has 0 radical (unpaired) electrons. The van der Waals surface area contributed by atoms with Crippen molar-refractivity contribution in [1.82, 2.24) is 31.0 Å². The third kappa shape index (κ3) is 7.45. The van der Waals surface area contributed by atoms with Crippen LogP contribution >= 0.6 is 0 Å². The van der Waals surface area contributed by atoms with Gasteiger partial charge in [-0.25, -0.2) is 10.4 Å². The van der Waals surface area contributed by atoms with Crippen LogP contribution in [0.15, 0.2) is 48.9 Å². The highest BCUT2D eigenvalue weighted by molar-refractivity contribution is 5.97. The number of nitrogens with zero attached hydrogens (tertiary/aromatic N) is 3. The molecule has 0 spiro atoms. The molecule has 0 fully saturated rings. The van der Waals surface area contributed by atoms with Crippen LogP contribution in [0.2, 0.25) is 0 Å². The van der Waals surface area contributed by atoms with E-state index in [-0.39, 0.29) is 23.9 Å². The first kappa shape index (κ1) is 23.9. The van der Waals surface area contributed by atoms with Crippen LogP contribution in [0.4, 0.5) is 0 Å². The van der Waals surface area contributed by atoms with Gasteiger partial charge in [-0.3, -0.25) is 24.4 Å². The van der Waals surface area contributed by atoms with Crippen LogP contribution in [-0.2, 0) is 16.0 Å². The van der Waals surface area contributed by atoms with Crippen LogP contribution in [-0.4, -0.2) is 58.9 Å². The molecule has 9 nitrogen and oxygen atoms in total. The molecule has 0 aliphatic rings. The number of aromatic nitrogens is 2. The summed E-state index contributed by atoms with van der Waals surface area (Å²) >= 11 is 0. The molecule has 3 N–H and O–H groups in total. The zero-order valence-corrected chi connectivity index (χ0v) is 18.3. The largest absolute Gasteiger partial charge is 0.342 e. The average molecular weight is 427 g/mol. The number of carbonyl (C=O) groups excluding carboxylic acids is 3. The number of carbonyl (C=O) groups is 3. The van der Waals surface area contributed by atoms with Gasteiger partial charge in [-0.05, 0) is 17.9 Å². The minimum absolute atomic E-state index is 0.109. The first-order valence-corrected chi connectivity index (χ1v) is 10.2. The molecule has 0 aliphatic heterocycles. The Balaban J connectivity index is 2.22. The van der Waals surface area contributed by atoms with Crippen LogP contribution in [0.5, 0.6) is 0 Å². The molecular formula is C22H30N6O3. The SMILES string of the molecule is CNN(C)C(=O)C(CC(C)C)NC(=O)C(Cc1ccccc1)NC(=O)c1cnccn1. The topological polar surface area (TPSA) is 116 Å². The van der Waals surface area contributed by atoms with E-state index < -0.39 is 23.9 Å². The summed E-state index contributed by atoms with van der Waals surface area (Å²) in [4.78, 5) is 46.4. The van der Waals surface area contributed by atoms with Crippen LogP contribution in [0.25, 0.3) is 0 Å². The molecule has 0 saturated heterocycles. The lowest BCUT2D eigenvalue weighted by atomic mass is 10.0. The Morgan fingerprint density at radius 3 is 2.32 bits per heavy atom. The molecule has 3 amide bonds. The molecule has 166 valence electrons. The smallest absolute Gasteiger partial charge is 0.272 e. The average Bonchev–Trinajstić information content (AvgIpc) is 2.78. The summed E-state index contributed by atoms with van der Waals surface area (Å²) in [7, 11) is 3.23. The number of hydrazine groups is 1. The molecule has 1 aromatic heterocycles. The van der Waals surface area contributed by atoms with E-state index in [4.69, 9.17) is 0 Å². The number of hydrogen-bond acceptors (Lipinski definition) is 6. The van der Waals surface area contributed by atoms with Crippen molar-refractivity contribution in [2.75, 3.05) is 14.1 Å². The van der Waals surface area contributed by atoms with Gasteiger partial charge < -0.3 is 10.6 Å². The van der Waals surface area contributed by atoms with Gasteiger partial charge >= 0.3 is 0 Å². The van der Waals surface area contributed by atoms with E-state index in [2.05, 4.69) is 26.0 Å². The fraction of sp³-hybridized carbons (Fsp3) is 0.409. The molecule has 0 aliphatic carbocycles. The highest BCUT2D eigenvalue weighted by atomic mass is 16.2. The Hall–Kier alpha value is -3.33. The first-order valence-electron chi connectivity index (χ1n) is 10.2. The first-order chi connectivity index (χ1) is 14.8. The monoisotopic (exact) mass is 426 g/mol. The summed E-state index contributed by atoms with van der Waals surface area (Å²) in [6.07, 6.45) is 4.94. The lowest BCUT2D eigenvalue weighted by Crippen LogP contribution is -2.56. The number of hydrogen-bond donors (Lipinski definition) is 3. The van der Waals surface area contributed by atoms with Gasteiger partial charge in [0.2, 0.25) is 5.91 Å². The lowest BCUT2D eigenvalue weighted by molar-refractivity contribution is -0.138. The minimum atomic E-state index is -0.890. The second-order valence-corrected chi connectivity index (χ2v) is 7.62. The quantitative estimate of drug-likeness (QED) is 0.487. The Labute approximate surface area is 182 Å². The van der Waals surface area contributed by atoms with Gasteiger partial charge in [0, 0.05) is 32.9 Å². The van der Waals surface area contributed by atoms with E-state index in [0.29, 0.717) is 6.42 Å². The number of amides is 3. The molecule has 2 atom stereocenters. The summed E-state index contributed by atoms with van der Waals surface area (Å²) in [5.41, 5.74) is 3.75. The lowest BCUT2D eigenvalue weighted by Gasteiger charge is -2.27. The summed E-state index contributed by atoms with van der Waals surface area (Å²) in [5.74, 6) is -1.03. The third-order valence-electron chi connectivity index (χ3n) is 4.69. The Bertz CT molecular complexity index is 860. The van der Waals surface area contributed by atoms with Gasteiger partial charge in [0.05, 0.1) is 6.20 Å². The van der Waals surface area contributed by atoms with Gasteiger partial charge in [-0.2, -0.15) is 0 Å². The van der Waals surface area contributed by atoms with Crippen molar-refractivity contribution in [3.05, 3.63) is 60.2 Å². The summed E-state index contributed by atoms with van der Waals surface area (Å²) in [5, 5.41) is 6.88. The van der Waals surface area contributed by atoms with Gasteiger partial charge in [0.25, 0.3) is 11.8 Å².